The van der Waals surface area contributed by atoms with E-state index >= 15 is 0 Å². The van der Waals surface area contributed by atoms with Crippen molar-refractivity contribution in [3.63, 3.8) is 0 Å². The average molecular weight is 153 g/mol. The molecular weight excluding hydrogens is 138 g/mol. The Morgan fingerprint density at radius 2 is 2.55 bits per heavy atom. The van der Waals surface area contributed by atoms with Crippen LogP contribution in [0.4, 0.5) is 0 Å². The standard InChI is InChI=1S/C8H15N3/c1-10-8-3-2-7(4-5-9)11-6-8/h4-5,8-11H,2-3,6H2,1H3/b7-4-,9-5?. The van der Waals surface area contributed by atoms with E-state index in [2.05, 4.69) is 10.6 Å². The van der Waals surface area contributed by atoms with Crippen molar-refractivity contribution in [1.29, 1.82) is 5.41 Å². The predicted molar refractivity (Wildman–Crippen MR) is 47.0 cm³/mol. The quantitative estimate of drug-likeness (QED) is 0.506. The van der Waals surface area contributed by atoms with E-state index in [4.69, 9.17) is 5.41 Å². The van der Waals surface area contributed by atoms with Gasteiger partial charge in [0.1, 0.15) is 0 Å². The fourth-order valence-electron chi connectivity index (χ4n) is 1.26. The lowest BCUT2D eigenvalue weighted by Crippen LogP contribution is -2.40. The Bertz CT molecular complexity index is 153. The molecule has 1 fully saturated rings. The molecule has 0 spiro atoms. The summed E-state index contributed by atoms with van der Waals surface area (Å²) in [7, 11) is 1.98. The topological polar surface area (TPSA) is 47.9 Å². The van der Waals surface area contributed by atoms with Crippen molar-refractivity contribution in [3.8, 4) is 0 Å². The normalized spacial score (nSPS) is 28.1. The second-order valence-corrected chi connectivity index (χ2v) is 2.76. The molecule has 62 valence electrons. The van der Waals surface area contributed by atoms with Crippen LogP contribution < -0.4 is 10.6 Å². The van der Waals surface area contributed by atoms with Gasteiger partial charge < -0.3 is 16.0 Å². The molecular formula is C8H15N3. The molecule has 1 heterocycles. The van der Waals surface area contributed by atoms with Gasteiger partial charge in [-0.1, -0.05) is 0 Å². The summed E-state index contributed by atoms with van der Waals surface area (Å²) in [6.07, 6.45) is 5.39. The summed E-state index contributed by atoms with van der Waals surface area (Å²) in [6, 6.07) is 0.595. The summed E-state index contributed by atoms with van der Waals surface area (Å²) in [5, 5.41) is 13.4. The average Bonchev–Trinajstić information content (AvgIpc) is 2.07. The third-order valence-electron chi connectivity index (χ3n) is 2.03. The number of piperidine rings is 1. The van der Waals surface area contributed by atoms with Gasteiger partial charge in [-0.15, -0.1) is 0 Å². The van der Waals surface area contributed by atoms with Gasteiger partial charge >= 0.3 is 0 Å². The first-order chi connectivity index (χ1) is 5.36. The van der Waals surface area contributed by atoms with Gasteiger partial charge in [0.2, 0.25) is 0 Å². The number of hydrogen-bond acceptors (Lipinski definition) is 3. The summed E-state index contributed by atoms with van der Waals surface area (Å²) in [5.74, 6) is 0. The van der Waals surface area contributed by atoms with Crippen LogP contribution in [0.15, 0.2) is 11.8 Å². The molecule has 1 aliphatic heterocycles. The minimum Gasteiger partial charge on any atom is -0.387 e. The zero-order valence-electron chi connectivity index (χ0n) is 6.85. The largest absolute Gasteiger partial charge is 0.387 e. The van der Waals surface area contributed by atoms with E-state index < -0.39 is 0 Å². The molecule has 0 aromatic carbocycles. The number of nitrogens with one attached hydrogen (secondary N) is 3. The highest BCUT2D eigenvalue weighted by molar-refractivity contribution is 5.68. The smallest absolute Gasteiger partial charge is 0.0298 e. The monoisotopic (exact) mass is 153 g/mol. The summed E-state index contributed by atoms with van der Waals surface area (Å²) in [5.41, 5.74) is 1.19. The molecule has 1 aliphatic rings. The van der Waals surface area contributed by atoms with Crippen LogP contribution in [0.2, 0.25) is 0 Å². The zero-order chi connectivity index (χ0) is 8.10. The molecule has 1 rings (SSSR count). The van der Waals surface area contributed by atoms with E-state index in [1.54, 1.807) is 0 Å². The zero-order valence-corrected chi connectivity index (χ0v) is 6.85. The number of allylic oxidation sites excluding steroid dienone is 2. The molecule has 0 radical (unpaired) electrons. The molecule has 1 saturated heterocycles. The van der Waals surface area contributed by atoms with Crippen molar-refractivity contribution < 1.29 is 0 Å². The Kier molecular flexibility index (Phi) is 3.11. The molecule has 0 saturated carbocycles. The van der Waals surface area contributed by atoms with Gasteiger partial charge in [-0.2, -0.15) is 0 Å². The van der Waals surface area contributed by atoms with Crippen LogP contribution in [0, 0.1) is 5.41 Å². The Labute approximate surface area is 67.4 Å². The summed E-state index contributed by atoms with van der Waals surface area (Å²) >= 11 is 0. The highest BCUT2D eigenvalue weighted by Crippen LogP contribution is 2.09. The summed E-state index contributed by atoms with van der Waals surface area (Å²) < 4.78 is 0. The van der Waals surface area contributed by atoms with Gasteiger partial charge in [-0.3, -0.25) is 0 Å². The third kappa shape index (κ3) is 2.35. The van der Waals surface area contributed by atoms with Gasteiger partial charge in [-0.05, 0) is 26.0 Å². The molecule has 0 aromatic heterocycles. The van der Waals surface area contributed by atoms with E-state index in [9.17, 15) is 0 Å². The van der Waals surface area contributed by atoms with Gasteiger partial charge in [0, 0.05) is 24.5 Å². The van der Waals surface area contributed by atoms with E-state index in [1.807, 2.05) is 13.1 Å². The predicted octanol–water partition coefficient (Wildman–Crippen LogP) is 0.491. The third-order valence-corrected chi connectivity index (χ3v) is 2.03. The van der Waals surface area contributed by atoms with Crippen LogP contribution in [0.3, 0.4) is 0 Å². The molecule has 3 nitrogen and oxygen atoms in total. The van der Waals surface area contributed by atoms with Crippen LogP contribution in [-0.4, -0.2) is 25.8 Å². The SMILES string of the molecule is CNC1CC/C(=C/C=N)NC1. The fourth-order valence-corrected chi connectivity index (χ4v) is 1.26. The van der Waals surface area contributed by atoms with Crippen LogP contribution in [-0.2, 0) is 0 Å². The maximum absolute atomic E-state index is 6.88. The first kappa shape index (κ1) is 8.27. The molecule has 0 amide bonds. The lowest BCUT2D eigenvalue weighted by molar-refractivity contribution is 0.451. The van der Waals surface area contributed by atoms with Crippen molar-refractivity contribution in [1.82, 2.24) is 10.6 Å². The first-order valence-electron chi connectivity index (χ1n) is 3.97. The molecule has 1 atom stereocenters. The van der Waals surface area contributed by atoms with Crippen molar-refractivity contribution in [2.75, 3.05) is 13.6 Å². The van der Waals surface area contributed by atoms with E-state index in [1.165, 1.54) is 18.3 Å². The van der Waals surface area contributed by atoms with Gasteiger partial charge in [0.15, 0.2) is 0 Å². The van der Waals surface area contributed by atoms with E-state index in [0.717, 1.165) is 13.0 Å². The molecule has 0 bridgehead atoms. The minimum absolute atomic E-state index is 0.595. The van der Waals surface area contributed by atoms with Crippen molar-refractivity contribution in [3.05, 3.63) is 11.8 Å². The number of likely N-dealkylation sites (N-methyl/N-ethyl adjacent to an activating group) is 1. The van der Waals surface area contributed by atoms with Crippen molar-refractivity contribution in [2.45, 2.75) is 18.9 Å². The summed E-state index contributed by atoms with van der Waals surface area (Å²) in [6.45, 7) is 0.982. The molecule has 1 unspecified atom stereocenters. The minimum atomic E-state index is 0.595. The maximum Gasteiger partial charge on any atom is 0.0298 e. The lowest BCUT2D eigenvalue weighted by Gasteiger charge is -2.24. The Morgan fingerprint density at radius 3 is 3.00 bits per heavy atom. The highest BCUT2D eigenvalue weighted by atomic mass is 15.0. The Balaban J connectivity index is 2.35. The first-order valence-corrected chi connectivity index (χ1v) is 3.97. The second kappa shape index (κ2) is 4.13. The molecule has 11 heavy (non-hydrogen) atoms. The highest BCUT2D eigenvalue weighted by Gasteiger charge is 2.12. The molecule has 0 aromatic rings. The van der Waals surface area contributed by atoms with Gasteiger partial charge in [0.05, 0.1) is 0 Å². The van der Waals surface area contributed by atoms with E-state index in [-0.39, 0.29) is 0 Å². The molecule has 3 N–H and O–H groups in total. The van der Waals surface area contributed by atoms with Gasteiger partial charge in [-0.25, -0.2) is 0 Å². The summed E-state index contributed by atoms with van der Waals surface area (Å²) in [4.78, 5) is 0. The van der Waals surface area contributed by atoms with Gasteiger partial charge in [0.25, 0.3) is 0 Å². The molecule has 0 aliphatic carbocycles. The van der Waals surface area contributed by atoms with Crippen molar-refractivity contribution >= 4 is 6.21 Å². The molecule has 3 heteroatoms. The Hall–Kier alpha value is -0.830. The second-order valence-electron chi connectivity index (χ2n) is 2.76. The fraction of sp³-hybridized carbons (Fsp3) is 0.625. The van der Waals surface area contributed by atoms with Crippen LogP contribution in [0.1, 0.15) is 12.8 Å². The van der Waals surface area contributed by atoms with Crippen LogP contribution in [0.25, 0.3) is 0 Å². The van der Waals surface area contributed by atoms with Crippen molar-refractivity contribution in [2.24, 2.45) is 0 Å². The van der Waals surface area contributed by atoms with Crippen LogP contribution >= 0.6 is 0 Å². The Morgan fingerprint density at radius 1 is 1.73 bits per heavy atom. The maximum atomic E-state index is 6.88. The number of hydrogen-bond donors (Lipinski definition) is 3. The van der Waals surface area contributed by atoms with Crippen LogP contribution in [0.5, 0.6) is 0 Å². The van der Waals surface area contributed by atoms with E-state index in [0.29, 0.717) is 6.04 Å². The number of rotatable bonds is 2. The lowest BCUT2D eigenvalue weighted by atomic mass is 10.1.